The number of rotatable bonds is 3. The molecular formula is C21H38O2. The molecule has 2 heteroatoms. The molecule has 23 heavy (non-hydrogen) atoms. The maximum atomic E-state index is 10.6. The van der Waals surface area contributed by atoms with Gasteiger partial charge in [-0.15, -0.1) is 0 Å². The van der Waals surface area contributed by atoms with Crippen molar-refractivity contribution in [1.29, 1.82) is 0 Å². The fourth-order valence-electron chi connectivity index (χ4n) is 7.09. The van der Waals surface area contributed by atoms with Crippen LogP contribution in [0.5, 0.6) is 0 Å². The number of methoxy groups -OCH3 is 1. The van der Waals surface area contributed by atoms with Crippen LogP contribution in [-0.2, 0) is 4.74 Å². The van der Waals surface area contributed by atoms with E-state index in [1.54, 1.807) is 7.11 Å². The largest absolute Gasteiger partial charge is 0.367 e. The lowest BCUT2D eigenvalue weighted by Gasteiger charge is -2.62. The SMILES string of the molecule is COC(O)C1(C)CCC[C@]2(C)C3CCC(C(C)C)CC3CCC12. The first-order chi connectivity index (χ1) is 10.8. The van der Waals surface area contributed by atoms with Crippen molar-refractivity contribution in [1.82, 2.24) is 0 Å². The standard InChI is InChI=1S/C21H38O2/c1-14(2)15-7-9-17-16(13-15)8-10-18-20(17,3)11-6-12-21(18,4)19(22)23-5/h14-19,22H,6-13H2,1-5H3/t15?,16?,17?,18?,19?,20-,21?/m1/s1. The summed E-state index contributed by atoms with van der Waals surface area (Å²) >= 11 is 0. The molecule has 1 N–H and O–H groups in total. The van der Waals surface area contributed by atoms with Crippen molar-refractivity contribution in [2.45, 2.75) is 85.4 Å². The van der Waals surface area contributed by atoms with E-state index in [4.69, 9.17) is 4.74 Å². The Hall–Kier alpha value is -0.0800. The third-order valence-electron chi connectivity index (χ3n) is 8.45. The molecule has 6 unspecified atom stereocenters. The molecule has 0 spiro atoms. The van der Waals surface area contributed by atoms with Crippen molar-refractivity contribution in [3.8, 4) is 0 Å². The molecule has 0 aliphatic heterocycles. The van der Waals surface area contributed by atoms with Gasteiger partial charge in [-0.1, -0.05) is 34.1 Å². The minimum absolute atomic E-state index is 0.0540. The third-order valence-corrected chi connectivity index (χ3v) is 8.45. The van der Waals surface area contributed by atoms with E-state index in [0.29, 0.717) is 11.3 Å². The Morgan fingerprint density at radius 3 is 2.43 bits per heavy atom. The average Bonchev–Trinajstić information content (AvgIpc) is 2.53. The molecular weight excluding hydrogens is 284 g/mol. The van der Waals surface area contributed by atoms with Gasteiger partial charge in [-0.25, -0.2) is 0 Å². The van der Waals surface area contributed by atoms with E-state index < -0.39 is 6.29 Å². The normalized spacial score (nSPS) is 48.7. The van der Waals surface area contributed by atoms with Gasteiger partial charge in [-0.2, -0.15) is 0 Å². The highest BCUT2D eigenvalue weighted by atomic mass is 16.6. The molecule has 0 aromatic heterocycles. The molecule has 3 aliphatic carbocycles. The average molecular weight is 323 g/mol. The van der Waals surface area contributed by atoms with E-state index in [1.165, 1.54) is 44.9 Å². The van der Waals surface area contributed by atoms with Crippen LogP contribution in [0.3, 0.4) is 0 Å². The van der Waals surface area contributed by atoms with Crippen molar-refractivity contribution < 1.29 is 9.84 Å². The first-order valence-electron chi connectivity index (χ1n) is 10.0. The van der Waals surface area contributed by atoms with Crippen LogP contribution in [0.15, 0.2) is 0 Å². The van der Waals surface area contributed by atoms with Crippen molar-refractivity contribution >= 4 is 0 Å². The van der Waals surface area contributed by atoms with E-state index >= 15 is 0 Å². The molecule has 0 amide bonds. The second kappa shape index (κ2) is 6.33. The molecule has 2 nitrogen and oxygen atoms in total. The molecule has 7 atom stereocenters. The molecule has 3 fully saturated rings. The molecule has 0 aromatic rings. The molecule has 0 bridgehead atoms. The zero-order chi connectivity index (χ0) is 16.8. The summed E-state index contributed by atoms with van der Waals surface area (Å²) in [6.45, 7) is 9.67. The predicted octanol–water partition coefficient (Wildman–Crippen LogP) is 5.25. The summed E-state index contributed by atoms with van der Waals surface area (Å²) in [7, 11) is 1.67. The molecule has 3 rings (SSSR count). The van der Waals surface area contributed by atoms with Gasteiger partial charge >= 0.3 is 0 Å². The smallest absolute Gasteiger partial charge is 0.159 e. The maximum Gasteiger partial charge on any atom is 0.159 e. The Morgan fingerprint density at radius 1 is 1.04 bits per heavy atom. The van der Waals surface area contributed by atoms with Gasteiger partial charge in [0.2, 0.25) is 0 Å². The van der Waals surface area contributed by atoms with E-state index in [2.05, 4.69) is 27.7 Å². The number of hydrogen-bond donors (Lipinski definition) is 1. The number of aliphatic hydroxyl groups is 1. The summed E-state index contributed by atoms with van der Waals surface area (Å²) in [6.07, 6.45) is 10.1. The van der Waals surface area contributed by atoms with E-state index in [0.717, 1.165) is 30.1 Å². The van der Waals surface area contributed by atoms with Gasteiger partial charge in [0.05, 0.1) is 0 Å². The Kier molecular flexibility index (Phi) is 4.88. The van der Waals surface area contributed by atoms with Crippen LogP contribution >= 0.6 is 0 Å². The van der Waals surface area contributed by atoms with Crippen LogP contribution in [0.25, 0.3) is 0 Å². The van der Waals surface area contributed by atoms with Crippen LogP contribution in [-0.4, -0.2) is 18.5 Å². The molecule has 0 aromatic carbocycles. The fourth-order valence-corrected chi connectivity index (χ4v) is 7.09. The van der Waals surface area contributed by atoms with Crippen LogP contribution in [0.4, 0.5) is 0 Å². The van der Waals surface area contributed by atoms with Crippen LogP contribution < -0.4 is 0 Å². The van der Waals surface area contributed by atoms with Crippen LogP contribution in [0, 0.1) is 40.4 Å². The number of hydrogen-bond acceptors (Lipinski definition) is 2. The van der Waals surface area contributed by atoms with E-state index in [9.17, 15) is 5.11 Å². The van der Waals surface area contributed by atoms with Crippen molar-refractivity contribution in [3.05, 3.63) is 0 Å². The summed E-state index contributed by atoms with van der Waals surface area (Å²) in [5.41, 5.74) is 0.360. The topological polar surface area (TPSA) is 29.5 Å². The number of fused-ring (bicyclic) bond motifs is 3. The Morgan fingerprint density at radius 2 is 1.78 bits per heavy atom. The number of ether oxygens (including phenoxy) is 1. The van der Waals surface area contributed by atoms with E-state index in [1.807, 2.05) is 0 Å². The summed E-state index contributed by atoms with van der Waals surface area (Å²) in [6, 6.07) is 0. The maximum absolute atomic E-state index is 10.6. The lowest BCUT2D eigenvalue weighted by molar-refractivity contribution is -0.227. The highest BCUT2D eigenvalue weighted by molar-refractivity contribution is 5.06. The highest BCUT2D eigenvalue weighted by Gasteiger charge is 2.58. The van der Waals surface area contributed by atoms with E-state index in [-0.39, 0.29) is 5.41 Å². The molecule has 0 saturated heterocycles. The Labute approximate surface area is 143 Å². The van der Waals surface area contributed by atoms with Gasteiger partial charge in [-0.05, 0) is 80.0 Å². The summed E-state index contributed by atoms with van der Waals surface area (Å²) in [5, 5.41) is 10.6. The highest BCUT2D eigenvalue weighted by Crippen LogP contribution is 2.65. The third kappa shape index (κ3) is 2.78. The van der Waals surface area contributed by atoms with Crippen LogP contribution in [0.2, 0.25) is 0 Å². The van der Waals surface area contributed by atoms with Crippen molar-refractivity contribution in [2.24, 2.45) is 40.4 Å². The van der Waals surface area contributed by atoms with Crippen molar-refractivity contribution in [2.75, 3.05) is 7.11 Å². The monoisotopic (exact) mass is 322 g/mol. The Balaban J connectivity index is 1.84. The first kappa shape index (κ1) is 17.7. The van der Waals surface area contributed by atoms with Gasteiger partial charge in [0.1, 0.15) is 0 Å². The number of aliphatic hydroxyl groups excluding tert-OH is 1. The summed E-state index contributed by atoms with van der Waals surface area (Å²) in [4.78, 5) is 0. The first-order valence-corrected chi connectivity index (χ1v) is 10.0. The van der Waals surface area contributed by atoms with Gasteiger partial charge in [-0.3, -0.25) is 0 Å². The minimum atomic E-state index is -0.601. The van der Waals surface area contributed by atoms with Crippen LogP contribution in [0.1, 0.15) is 79.1 Å². The fraction of sp³-hybridized carbons (Fsp3) is 1.00. The second-order valence-corrected chi connectivity index (χ2v) is 9.77. The van der Waals surface area contributed by atoms with Gasteiger partial charge in [0.15, 0.2) is 6.29 Å². The molecule has 3 saturated carbocycles. The zero-order valence-electron chi connectivity index (χ0n) is 16.0. The van der Waals surface area contributed by atoms with Gasteiger partial charge in [0, 0.05) is 12.5 Å². The summed E-state index contributed by atoms with van der Waals surface area (Å²) < 4.78 is 5.43. The predicted molar refractivity (Wildman–Crippen MR) is 95.0 cm³/mol. The molecule has 134 valence electrons. The van der Waals surface area contributed by atoms with Gasteiger partial charge in [0.25, 0.3) is 0 Å². The summed E-state index contributed by atoms with van der Waals surface area (Å²) in [5.74, 6) is 4.21. The lowest BCUT2D eigenvalue weighted by atomic mass is 9.43. The lowest BCUT2D eigenvalue weighted by Crippen LogP contribution is -2.57. The molecule has 3 aliphatic rings. The second-order valence-electron chi connectivity index (χ2n) is 9.77. The molecule has 0 heterocycles. The quantitative estimate of drug-likeness (QED) is 0.719. The molecule has 0 radical (unpaired) electrons. The van der Waals surface area contributed by atoms with Gasteiger partial charge < -0.3 is 9.84 Å². The van der Waals surface area contributed by atoms with Crippen molar-refractivity contribution in [3.63, 3.8) is 0 Å². The minimum Gasteiger partial charge on any atom is -0.367 e. The zero-order valence-corrected chi connectivity index (χ0v) is 16.0. The Bertz CT molecular complexity index is 420.